The number of carbonyl (C=O) groups is 1. The van der Waals surface area contributed by atoms with Gasteiger partial charge in [0.25, 0.3) is 0 Å². The maximum Gasteiger partial charge on any atom is 0.331 e. The number of hydrogen-bond acceptors (Lipinski definition) is 3. The van der Waals surface area contributed by atoms with Gasteiger partial charge in [0.05, 0.1) is 0 Å². The second kappa shape index (κ2) is 6.21. The van der Waals surface area contributed by atoms with Crippen LogP contribution in [0, 0.1) is 0 Å². The third-order valence-electron chi connectivity index (χ3n) is 2.63. The zero-order valence-corrected chi connectivity index (χ0v) is 10.2. The fourth-order valence-corrected chi connectivity index (χ4v) is 1.76. The van der Waals surface area contributed by atoms with Crippen molar-refractivity contribution < 1.29 is 9.53 Å². The molecule has 1 aromatic rings. The molecule has 0 amide bonds. The average molecular weight is 233 g/mol. The summed E-state index contributed by atoms with van der Waals surface area (Å²) in [5.41, 5.74) is 5.94. The van der Waals surface area contributed by atoms with Crippen molar-refractivity contribution in [2.45, 2.75) is 25.3 Å². The molecule has 0 aliphatic heterocycles. The first-order valence-corrected chi connectivity index (χ1v) is 5.77. The Bertz CT molecular complexity index is 375. The summed E-state index contributed by atoms with van der Waals surface area (Å²) >= 11 is 0. The molecule has 1 rings (SSSR count). The van der Waals surface area contributed by atoms with E-state index in [-0.39, 0.29) is 6.61 Å². The van der Waals surface area contributed by atoms with Gasteiger partial charge in [-0.05, 0) is 12.0 Å². The Kier molecular flexibility index (Phi) is 4.91. The molecule has 3 nitrogen and oxygen atoms in total. The van der Waals surface area contributed by atoms with E-state index < -0.39 is 11.5 Å². The van der Waals surface area contributed by atoms with Crippen LogP contribution < -0.4 is 5.73 Å². The molecule has 0 saturated carbocycles. The van der Waals surface area contributed by atoms with Gasteiger partial charge in [-0.25, -0.2) is 4.79 Å². The van der Waals surface area contributed by atoms with Crippen LogP contribution in [0.15, 0.2) is 43.0 Å². The first-order chi connectivity index (χ1) is 8.15. The summed E-state index contributed by atoms with van der Waals surface area (Å²) in [5.74, 6) is -0.398. The predicted molar refractivity (Wildman–Crippen MR) is 68.4 cm³/mol. The van der Waals surface area contributed by atoms with Gasteiger partial charge < -0.3 is 10.5 Å². The highest BCUT2D eigenvalue weighted by Gasteiger charge is 2.36. The quantitative estimate of drug-likeness (QED) is 0.606. The fourth-order valence-electron chi connectivity index (χ4n) is 1.76. The number of carbonyl (C=O) groups excluding carboxylic acids is 1. The van der Waals surface area contributed by atoms with E-state index >= 15 is 0 Å². The molecule has 0 bridgehead atoms. The van der Waals surface area contributed by atoms with Crippen LogP contribution in [0.25, 0.3) is 0 Å². The predicted octanol–water partition coefficient (Wildman–Crippen LogP) is 2.37. The second-order valence-electron chi connectivity index (χ2n) is 3.97. The van der Waals surface area contributed by atoms with E-state index in [0.29, 0.717) is 6.42 Å². The molecule has 1 atom stereocenters. The summed E-state index contributed by atoms with van der Waals surface area (Å²) < 4.78 is 5.08. The van der Waals surface area contributed by atoms with Crippen molar-refractivity contribution in [3.05, 3.63) is 48.6 Å². The molecule has 1 aromatic carbocycles. The molecule has 2 N–H and O–H groups in total. The molecule has 0 fully saturated rings. The minimum absolute atomic E-state index is 0.189. The van der Waals surface area contributed by atoms with E-state index in [4.69, 9.17) is 10.5 Å². The Morgan fingerprint density at radius 2 is 2.12 bits per heavy atom. The number of hydrogen-bond donors (Lipinski definition) is 1. The van der Waals surface area contributed by atoms with Crippen LogP contribution in [0.2, 0.25) is 0 Å². The van der Waals surface area contributed by atoms with Crippen molar-refractivity contribution >= 4 is 5.97 Å². The summed E-state index contributed by atoms with van der Waals surface area (Å²) in [6.07, 6.45) is 2.91. The van der Waals surface area contributed by atoms with Gasteiger partial charge in [0.1, 0.15) is 12.1 Å². The van der Waals surface area contributed by atoms with Gasteiger partial charge in [0.15, 0.2) is 0 Å². The average Bonchev–Trinajstić information content (AvgIpc) is 2.37. The van der Waals surface area contributed by atoms with Crippen molar-refractivity contribution in [2.75, 3.05) is 6.61 Å². The van der Waals surface area contributed by atoms with Gasteiger partial charge in [-0.3, -0.25) is 0 Å². The van der Waals surface area contributed by atoms with Crippen LogP contribution in [0.4, 0.5) is 0 Å². The van der Waals surface area contributed by atoms with E-state index in [0.717, 1.165) is 12.0 Å². The van der Waals surface area contributed by atoms with Gasteiger partial charge in [-0.2, -0.15) is 0 Å². The minimum atomic E-state index is -1.06. The zero-order valence-electron chi connectivity index (χ0n) is 10.2. The van der Waals surface area contributed by atoms with Crippen LogP contribution in [-0.2, 0) is 15.1 Å². The topological polar surface area (TPSA) is 52.3 Å². The maximum absolute atomic E-state index is 12.0. The normalized spacial score (nSPS) is 13.8. The van der Waals surface area contributed by atoms with Crippen LogP contribution in [0.5, 0.6) is 0 Å². The summed E-state index contributed by atoms with van der Waals surface area (Å²) in [6, 6.07) is 9.33. The smallest absolute Gasteiger partial charge is 0.331 e. The van der Waals surface area contributed by atoms with Crippen molar-refractivity contribution in [3.63, 3.8) is 0 Å². The highest BCUT2D eigenvalue weighted by Crippen LogP contribution is 2.25. The molecule has 0 heterocycles. The number of nitrogens with two attached hydrogens (primary N) is 1. The highest BCUT2D eigenvalue weighted by atomic mass is 16.5. The van der Waals surface area contributed by atoms with Gasteiger partial charge >= 0.3 is 5.97 Å². The zero-order chi connectivity index (χ0) is 12.7. The number of rotatable bonds is 6. The van der Waals surface area contributed by atoms with E-state index in [9.17, 15) is 4.79 Å². The third-order valence-corrected chi connectivity index (χ3v) is 2.63. The number of ether oxygens (including phenoxy) is 1. The summed E-state index contributed by atoms with van der Waals surface area (Å²) in [6.45, 7) is 5.70. The lowest BCUT2D eigenvalue weighted by Crippen LogP contribution is -2.46. The number of esters is 1. The lowest BCUT2D eigenvalue weighted by atomic mass is 9.87. The number of benzene rings is 1. The van der Waals surface area contributed by atoms with E-state index in [1.165, 1.54) is 6.08 Å². The first-order valence-electron chi connectivity index (χ1n) is 5.77. The SMILES string of the molecule is C=CCOC(=O)C(N)(CCC)c1ccccc1. The molecule has 0 spiro atoms. The summed E-state index contributed by atoms with van der Waals surface area (Å²) in [5, 5.41) is 0. The Morgan fingerprint density at radius 3 is 2.65 bits per heavy atom. The van der Waals surface area contributed by atoms with Gasteiger partial charge in [-0.1, -0.05) is 56.3 Å². The Hall–Kier alpha value is -1.61. The Morgan fingerprint density at radius 1 is 1.47 bits per heavy atom. The molecule has 1 unspecified atom stereocenters. The van der Waals surface area contributed by atoms with Gasteiger partial charge in [0.2, 0.25) is 0 Å². The Labute approximate surface area is 102 Å². The van der Waals surface area contributed by atoms with Gasteiger partial charge in [0, 0.05) is 0 Å². The van der Waals surface area contributed by atoms with Crippen LogP contribution in [0.1, 0.15) is 25.3 Å². The van der Waals surface area contributed by atoms with Crippen molar-refractivity contribution in [2.24, 2.45) is 5.73 Å². The lowest BCUT2D eigenvalue weighted by molar-refractivity contribution is -0.149. The lowest BCUT2D eigenvalue weighted by Gasteiger charge is -2.27. The maximum atomic E-state index is 12.0. The Balaban J connectivity index is 2.96. The largest absolute Gasteiger partial charge is 0.460 e. The van der Waals surface area contributed by atoms with E-state index in [1.54, 1.807) is 0 Å². The molecule has 0 aliphatic carbocycles. The molecule has 0 saturated heterocycles. The monoisotopic (exact) mass is 233 g/mol. The van der Waals surface area contributed by atoms with Crippen molar-refractivity contribution in [3.8, 4) is 0 Å². The van der Waals surface area contributed by atoms with Gasteiger partial charge in [-0.15, -0.1) is 0 Å². The molecule has 3 heteroatoms. The molecule has 17 heavy (non-hydrogen) atoms. The molecule has 0 radical (unpaired) electrons. The molecule has 0 aliphatic rings. The molecular formula is C14H19NO2. The molecular weight excluding hydrogens is 214 g/mol. The van der Waals surface area contributed by atoms with E-state index in [2.05, 4.69) is 6.58 Å². The van der Waals surface area contributed by atoms with Crippen LogP contribution >= 0.6 is 0 Å². The molecule has 0 aromatic heterocycles. The second-order valence-corrected chi connectivity index (χ2v) is 3.97. The highest BCUT2D eigenvalue weighted by molar-refractivity contribution is 5.82. The summed E-state index contributed by atoms with van der Waals surface area (Å²) in [7, 11) is 0. The van der Waals surface area contributed by atoms with Crippen LogP contribution in [0.3, 0.4) is 0 Å². The van der Waals surface area contributed by atoms with Crippen molar-refractivity contribution in [1.29, 1.82) is 0 Å². The fraction of sp³-hybridized carbons (Fsp3) is 0.357. The third kappa shape index (κ3) is 3.17. The van der Waals surface area contributed by atoms with E-state index in [1.807, 2.05) is 37.3 Å². The van der Waals surface area contributed by atoms with Crippen molar-refractivity contribution in [1.82, 2.24) is 0 Å². The first kappa shape index (κ1) is 13.5. The standard InChI is InChI=1S/C14H19NO2/c1-3-10-14(15,13(16)17-11-4-2)12-8-6-5-7-9-12/h4-9H,2-3,10-11,15H2,1H3. The summed E-state index contributed by atoms with van der Waals surface area (Å²) in [4.78, 5) is 12.0. The molecule has 92 valence electrons. The van der Waals surface area contributed by atoms with Crippen LogP contribution in [-0.4, -0.2) is 12.6 Å². The minimum Gasteiger partial charge on any atom is -0.460 e.